The predicted octanol–water partition coefficient (Wildman–Crippen LogP) is 1.66. The molecule has 1 amide bonds. The van der Waals surface area contributed by atoms with Crippen molar-refractivity contribution < 1.29 is 9.53 Å². The largest absolute Gasteiger partial charge is 0.378 e. The van der Waals surface area contributed by atoms with E-state index in [-0.39, 0.29) is 5.91 Å². The molecule has 1 unspecified atom stereocenters. The third kappa shape index (κ3) is 3.94. The Labute approximate surface area is 153 Å². The van der Waals surface area contributed by atoms with Crippen LogP contribution in [0.3, 0.4) is 0 Å². The molecule has 2 aromatic heterocycles. The van der Waals surface area contributed by atoms with Crippen molar-refractivity contribution in [3.8, 4) is 0 Å². The first-order valence-corrected chi connectivity index (χ1v) is 9.34. The van der Waals surface area contributed by atoms with Crippen LogP contribution in [0.15, 0.2) is 30.5 Å². The maximum absolute atomic E-state index is 12.7. The lowest BCUT2D eigenvalue weighted by Crippen LogP contribution is -2.41. The molecule has 0 aliphatic carbocycles. The topological polar surface area (TPSA) is 74.4 Å². The minimum Gasteiger partial charge on any atom is -0.378 e. The summed E-state index contributed by atoms with van der Waals surface area (Å²) in [5.74, 6) is 0.379. The van der Waals surface area contributed by atoms with Gasteiger partial charge >= 0.3 is 0 Å². The monoisotopic (exact) mass is 355 g/mol. The van der Waals surface area contributed by atoms with E-state index < -0.39 is 0 Å². The van der Waals surface area contributed by atoms with Gasteiger partial charge in [0.25, 0.3) is 5.91 Å². The number of ether oxygens (including phenoxy) is 1. The number of aromatic amines is 1. The van der Waals surface area contributed by atoms with Crippen molar-refractivity contribution in [2.45, 2.75) is 25.3 Å². The van der Waals surface area contributed by atoms with Crippen molar-refractivity contribution in [2.24, 2.45) is 0 Å². The van der Waals surface area contributed by atoms with E-state index in [0.29, 0.717) is 37.9 Å². The minimum atomic E-state index is 0.0141. The second-order valence-corrected chi connectivity index (χ2v) is 7.01. The SMILES string of the molecule is O=C(c1cccc(C2CCCN(Cc3ccn[nH]3)C2)n1)N1CCOCC1. The van der Waals surface area contributed by atoms with Crippen molar-refractivity contribution >= 4 is 5.91 Å². The lowest BCUT2D eigenvalue weighted by atomic mass is 9.94. The van der Waals surface area contributed by atoms with Crippen LogP contribution in [0.2, 0.25) is 0 Å². The highest BCUT2D eigenvalue weighted by Crippen LogP contribution is 2.26. The molecule has 26 heavy (non-hydrogen) atoms. The average molecular weight is 355 g/mol. The molecule has 2 aliphatic heterocycles. The van der Waals surface area contributed by atoms with Crippen molar-refractivity contribution in [2.75, 3.05) is 39.4 Å². The number of likely N-dealkylation sites (tertiary alicyclic amines) is 1. The van der Waals surface area contributed by atoms with E-state index in [0.717, 1.165) is 43.9 Å². The normalized spacial score (nSPS) is 21.7. The molecule has 2 aliphatic rings. The van der Waals surface area contributed by atoms with E-state index in [1.54, 1.807) is 6.20 Å². The van der Waals surface area contributed by atoms with Crippen LogP contribution in [-0.4, -0.2) is 70.3 Å². The number of nitrogens with one attached hydrogen (secondary N) is 1. The maximum Gasteiger partial charge on any atom is 0.272 e. The highest BCUT2D eigenvalue weighted by atomic mass is 16.5. The molecule has 7 heteroatoms. The number of morpholine rings is 1. The summed E-state index contributed by atoms with van der Waals surface area (Å²) in [7, 11) is 0. The molecule has 138 valence electrons. The average Bonchev–Trinajstić information content (AvgIpc) is 3.21. The van der Waals surface area contributed by atoms with E-state index in [2.05, 4.69) is 21.2 Å². The molecule has 2 fully saturated rings. The van der Waals surface area contributed by atoms with Gasteiger partial charge in [0.15, 0.2) is 0 Å². The van der Waals surface area contributed by atoms with Gasteiger partial charge in [-0.25, -0.2) is 4.98 Å². The zero-order chi connectivity index (χ0) is 17.8. The minimum absolute atomic E-state index is 0.0141. The highest BCUT2D eigenvalue weighted by Gasteiger charge is 2.25. The van der Waals surface area contributed by atoms with Gasteiger partial charge in [-0.3, -0.25) is 14.8 Å². The van der Waals surface area contributed by atoms with Crippen LogP contribution in [0.5, 0.6) is 0 Å². The van der Waals surface area contributed by atoms with E-state index in [9.17, 15) is 4.79 Å². The Hall–Kier alpha value is -2.25. The first-order valence-electron chi connectivity index (χ1n) is 9.34. The van der Waals surface area contributed by atoms with E-state index >= 15 is 0 Å². The molecule has 7 nitrogen and oxygen atoms in total. The molecule has 2 aromatic rings. The van der Waals surface area contributed by atoms with Gasteiger partial charge in [0.05, 0.1) is 13.2 Å². The van der Waals surface area contributed by atoms with E-state index in [1.165, 1.54) is 0 Å². The van der Waals surface area contributed by atoms with Crippen LogP contribution in [0.25, 0.3) is 0 Å². The van der Waals surface area contributed by atoms with Gasteiger partial charge in [0, 0.05) is 49.7 Å². The number of rotatable bonds is 4. The second-order valence-electron chi connectivity index (χ2n) is 7.01. The lowest BCUT2D eigenvalue weighted by molar-refractivity contribution is 0.0298. The molecule has 1 atom stereocenters. The first-order chi connectivity index (χ1) is 12.8. The predicted molar refractivity (Wildman–Crippen MR) is 96.8 cm³/mol. The smallest absolute Gasteiger partial charge is 0.272 e. The van der Waals surface area contributed by atoms with Crippen LogP contribution < -0.4 is 0 Å². The van der Waals surface area contributed by atoms with Gasteiger partial charge in [-0.15, -0.1) is 0 Å². The number of carbonyl (C=O) groups is 1. The molecule has 4 heterocycles. The molecule has 4 rings (SSSR count). The Kier molecular flexibility index (Phi) is 5.26. The zero-order valence-corrected chi connectivity index (χ0v) is 14.9. The lowest BCUT2D eigenvalue weighted by Gasteiger charge is -2.32. The molecule has 2 saturated heterocycles. The summed E-state index contributed by atoms with van der Waals surface area (Å²) in [6.07, 6.45) is 4.04. The van der Waals surface area contributed by atoms with Crippen LogP contribution in [0.1, 0.15) is 40.6 Å². The summed E-state index contributed by atoms with van der Waals surface area (Å²) in [5.41, 5.74) is 2.71. The van der Waals surface area contributed by atoms with Crippen LogP contribution in [0.4, 0.5) is 0 Å². The number of nitrogens with zero attached hydrogens (tertiary/aromatic N) is 4. The zero-order valence-electron chi connectivity index (χ0n) is 14.9. The van der Waals surface area contributed by atoms with Crippen LogP contribution >= 0.6 is 0 Å². The number of H-pyrrole nitrogens is 1. The molecule has 1 N–H and O–H groups in total. The van der Waals surface area contributed by atoms with Crippen LogP contribution in [-0.2, 0) is 11.3 Å². The van der Waals surface area contributed by atoms with Gasteiger partial charge in [-0.2, -0.15) is 5.10 Å². The van der Waals surface area contributed by atoms with Crippen molar-refractivity contribution in [1.82, 2.24) is 25.0 Å². The van der Waals surface area contributed by atoms with Crippen molar-refractivity contribution in [3.63, 3.8) is 0 Å². The fourth-order valence-corrected chi connectivity index (χ4v) is 3.78. The van der Waals surface area contributed by atoms with Gasteiger partial charge in [-0.05, 0) is 37.6 Å². The summed E-state index contributed by atoms with van der Waals surface area (Å²) in [4.78, 5) is 21.7. The molecule has 0 bridgehead atoms. The Morgan fingerprint density at radius 1 is 1.23 bits per heavy atom. The molecule has 0 spiro atoms. The van der Waals surface area contributed by atoms with Gasteiger partial charge in [-0.1, -0.05) is 6.07 Å². The Morgan fingerprint density at radius 2 is 2.12 bits per heavy atom. The summed E-state index contributed by atoms with van der Waals surface area (Å²) < 4.78 is 5.33. The van der Waals surface area contributed by atoms with Crippen molar-refractivity contribution in [3.05, 3.63) is 47.5 Å². The molecule has 0 aromatic carbocycles. The third-order valence-electron chi connectivity index (χ3n) is 5.16. The fourth-order valence-electron chi connectivity index (χ4n) is 3.78. The van der Waals surface area contributed by atoms with Gasteiger partial charge in [0.1, 0.15) is 5.69 Å². The standard InChI is InChI=1S/C19H25N5O2/c25-19(24-9-11-26-12-10-24)18-5-1-4-17(21-18)15-3-2-8-23(13-15)14-16-6-7-20-22-16/h1,4-7,15H,2-3,8-14H2,(H,20,22). The maximum atomic E-state index is 12.7. The molecule has 0 saturated carbocycles. The summed E-state index contributed by atoms with van der Waals surface area (Å²) >= 11 is 0. The molecular weight excluding hydrogens is 330 g/mol. The number of aromatic nitrogens is 3. The van der Waals surface area contributed by atoms with Crippen LogP contribution in [0, 0.1) is 0 Å². The number of hydrogen-bond acceptors (Lipinski definition) is 5. The Morgan fingerprint density at radius 3 is 2.92 bits per heavy atom. The number of carbonyl (C=O) groups excluding carboxylic acids is 1. The van der Waals surface area contributed by atoms with Gasteiger partial charge in [0.2, 0.25) is 0 Å². The Bertz CT molecular complexity index is 727. The molecule has 0 radical (unpaired) electrons. The highest BCUT2D eigenvalue weighted by molar-refractivity contribution is 5.92. The third-order valence-corrected chi connectivity index (χ3v) is 5.16. The summed E-state index contributed by atoms with van der Waals surface area (Å²) in [5, 5.41) is 7.06. The Balaban J connectivity index is 1.44. The number of pyridine rings is 1. The van der Waals surface area contributed by atoms with Crippen molar-refractivity contribution in [1.29, 1.82) is 0 Å². The number of hydrogen-bond donors (Lipinski definition) is 1. The second kappa shape index (κ2) is 7.97. The first kappa shape index (κ1) is 17.2. The summed E-state index contributed by atoms with van der Waals surface area (Å²) in [6.45, 7) is 5.43. The quantitative estimate of drug-likeness (QED) is 0.903. The summed E-state index contributed by atoms with van der Waals surface area (Å²) in [6, 6.07) is 7.86. The molecular formula is C19H25N5O2. The fraction of sp³-hybridized carbons (Fsp3) is 0.526. The van der Waals surface area contributed by atoms with Gasteiger partial charge < -0.3 is 9.64 Å². The van der Waals surface area contributed by atoms with E-state index in [4.69, 9.17) is 9.72 Å². The van der Waals surface area contributed by atoms with E-state index in [1.807, 2.05) is 23.1 Å². The number of piperidine rings is 1. The number of amides is 1.